The summed E-state index contributed by atoms with van der Waals surface area (Å²) in [5.74, 6) is -0.634. The Bertz CT molecular complexity index is 439. The van der Waals surface area contributed by atoms with E-state index in [0.717, 1.165) is 6.07 Å². The van der Waals surface area contributed by atoms with E-state index in [1.54, 1.807) is 6.92 Å². The first-order valence-corrected chi connectivity index (χ1v) is 6.17. The van der Waals surface area contributed by atoms with Crippen LogP contribution in [0.5, 0.6) is 0 Å². The summed E-state index contributed by atoms with van der Waals surface area (Å²) in [5, 5.41) is 3.02. The number of nitrogens with zero attached hydrogens (tertiary/aromatic N) is 1. The first kappa shape index (κ1) is 14.3. The fourth-order valence-corrected chi connectivity index (χ4v) is 2.43. The second kappa shape index (κ2) is 5.46. The summed E-state index contributed by atoms with van der Waals surface area (Å²) in [5.41, 5.74) is 0.469. The van der Waals surface area contributed by atoms with Gasteiger partial charge in [0, 0.05) is 26.2 Å². The molecule has 6 heteroatoms. The fraction of sp³-hybridized carbons (Fsp3) is 0.538. The number of hydrogen-bond acceptors (Lipinski definition) is 2. The number of nitrogens with one attached hydrogen (secondary N) is 1. The largest absolute Gasteiger partial charge is 0.408 e. The van der Waals surface area contributed by atoms with E-state index in [0.29, 0.717) is 31.7 Å². The molecular weight excluding hydrogens is 260 g/mol. The van der Waals surface area contributed by atoms with Crippen molar-refractivity contribution >= 4 is 0 Å². The molecule has 0 saturated carbocycles. The lowest BCUT2D eigenvalue weighted by Crippen LogP contribution is -2.49. The number of halogens is 4. The van der Waals surface area contributed by atoms with Gasteiger partial charge in [-0.05, 0) is 30.2 Å². The van der Waals surface area contributed by atoms with E-state index in [1.165, 1.54) is 17.0 Å². The molecule has 0 aliphatic carbocycles. The van der Waals surface area contributed by atoms with Crippen LogP contribution in [0.1, 0.15) is 17.2 Å². The van der Waals surface area contributed by atoms with Crippen molar-refractivity contribution in [2.24, 2.45) is 0 Å². The zero-order valence-corrected chi connectivity index (χ0v) is 10.6. The van der Waals surface area contributed by atoms with Crippen LogP contribution in [-0.4, -0.2) is 37.3 Å². The second-order valence-electron chi connectivity index (χ2n) is 4.73. The molecule has 0 bridgehead atoms. The summed E-state index contributed by atoms with van der Waals surface area (Å²) in [6.07, 6.45) is -4.41. The summed E-state index contributed by atoms with van der Waals surface area (Å²) in [7, 11) is 0. The van der Waals surface area contributed by atoms with E-state index in [2.05, 4.69) is 5.32 Å². The highest BCUT2D eigenvalue weighted by Crippen LogP contribution is 2.39. The molecule has 0 spiro atoms. The molecule has 2 rings (SSSR count). The van der Waals surface area contributed by atoms with E-state index in [9.17, 15) is 17.6 Å². The molecule has 0 radical (unpaired) electrons. The molecule has 19 heavy (non-hydrogen) atoms. The van der Waals surface area contributed by atoms with Gasteiger partial charge >= 0.3 is 6.18 Å². The molecular formula is C13H16F4N2. The van der Waals surface area contributed by atoms with Crippen molar-refractivity contribution in [3.63, 3.8) is 0 Å². The molecule has 1 atom stereocenters. The maximum atomic E-state index is 13.3. The molecule has 1 heterocycles. The Morgan fingerprint density at radius 2 is 1.84 bits per heavy atom. The minimum atomic E-state index is -4.41. The van der Waals surface area contributed by atoms with Crippen LogP contribution in [-0.2, 0) is 0 Å². The Hall–Kier alpha value is -1.14. The quantitative estimate of drug-likeness (QED) is 0.835. The minimum Gasteiger partial charge on any atom is -0.314 e. The highest BCUT2D eigenvalue weighted by Gasteiger charge is 2.45. The number of aryl methyl sites for hydroxylation is 1. The molecule has 1 aromatic rings. The van der Waals surface area contributed by atoms with E-state index in [4.69, 9.17) is 0 Å². The van der Waals surface area contributed by atoms with Crippen molar-refractivity contribution in [1.82, 2.24) is 10.2 Å². The Morgan fingerprint density at radius 1 is 1.21 bits per heavy atom. The van der Waals surface area contributed by atoms with Gasteiger partial charge < -0.3 is 5.32 Å². The smallest absolute Gasteiger partial charge is 0.314 e. The van der Waals surface area contributed by atoms with Gasteiger partial charge in [-0.1, -0.05) is 6.07 Å². The number of rotatable bonds is 2. The minimum absolute atomic E-state index is 0.00870. The van der Waals surface area contributed by atoms with Gasteiger partial charge in [0.25, 0.3) is 0 Å². The fourth-order valence-electron chi connectivity index (χ4n) is 2.43. The lowest BCUT2D eigenvalue weighted by molar-refractivity contribution is -0.188. The maximum Gasteiger partial charge on any atom is 0.408 e. The average molecular weight is 276 g/mol. The summed E-state index contributed by atoms with van der Waals surface area (Å²) in [6, 6.07) is 1.84. The molecule has 0 amide bonds. The van der Waals surface area contributed by atoms with E-state index >= 15 is 0 Å². The Kier molecular flexibility index (Phi) is 4.10. The van der Waals surface area contributed by atoms with Gasteiger partial charge in [0.1, 0.15) is 11.9 Å². The average Bonchev–Trinajstić information content (AvgIpc) is 2.33. The Balaban J connectivity index is 2.39. The zero-order chi connectivity index (χ0) is 14.0. The van der Waals surface area contributed by atoms with Crippen molar-refractivity contribution in [2.75, 3.05) is 26.2 Å². The molecule has 1 aliphatic heterocycles. The SMILES string of the molecule is Cc1ccc(F)cc1[C@H](N1CCNCC1)C(F)(F)F. The third kappa shape index (κ3) is 3.25. The van der Waals surface area contributed by atoms with E-state index in [1.807, 2.05) is 0 Å². The highest BCUT2D eigenvalue weighted by molar-refractivity contribution is 5.31. The van der Waals surface area contributed by atoms with Gasteiger partial charge in [-0.2, -0.15) is 13.2 Å². The van der Waals surface area contributed by atoms with Gasteiger partial charge in [0.15, 0.2) is 0 Å². The van der Waals surface area contributed by atoms with Crippen LogP contribution in [0.2, 0.25) is 0 Å². The van der Waals surface area contributed by atoms with Crippen molar-refractivity contribution < 1.29 is 17.6 Å². The number of hydrogen-bond donors (Lipinski definition) is 1. The molecule has 1 aliphatic rings. The van der Waals surface area contributed by atoms with Crippen LogP contribution >= 0.6 is 0 Å². The predicted molar refractivity (Wildman–Crippen MR) is 64.4 cm³/mol. The van der Waals surface area contributed by atoms with Gasteiger partial charge in [0.05, 0.1) is 0 Å². The zero-order valence-electron chi connectivity index (χ0n) is 10.6. The monoisotopic (exact) mass is 276 g/mol. The van der Waals surface area contributed by atoms with Crippen molar-refractivity contribution in [1.29, 1.82) is 0 Å². The van der Waals surface area contributed by atoms with Gasteiger partial charge in [-0.15, -0.1) is 0 Å². The summed E-state index contributed by atoms with van der Waals surface area (Å²) >= 11 is 0. The molecule has 1 saturated heterocycles. The molecule has 106 valence electrons. The van der Waals surface area contributed by atoms with Crippen molar-refractivity contribution in [2.45, 2.75) is 19.1 Å². The Morgan fingerprint density at radius 3 is 2.42 bits per heavy atom. The molecule has 0 unspecified atom stereocenters. The first-order valence-electron chi connectivity index (χ1n) is 6.17. The molecule has 1 aromatic carbocycles. The van der Waals surface area contributed by atoms with Crippen LogP contribution in [0.25, 0.3) is 0 Å². The molecule has 2 nitrogen and oxygen atoms in total. The molecule has 1 N–H and O–H groups in total. The maximum absolute atomic E-state index is 13.3. The summed E-state index contributed by atoms with van der Waals surface area (Å²) < 4.78 is 53.2. The topological polar surface area (TPSA) is 15.3 Å². The van der Waals surface area contributed by atoms with Crippen molar-refractivity contribution in [3.8, 4) is 0 Å². The molecule has 0 aromatic heterocycles. The van der Waals surface area contributed by atoms with Crippen molar-refractivity contribution in [3.05, 3.63) is 35.1 Å². The standard InChI is InChI=1S/C13H16F4N2/c1-9-2-3-10(14)8-11(9)12(13(15,16)17)19-6-4-18-5-7-19/h2-3,8,12,18H,4-7H2,1H3/t12-/m0/s1. The van der Waals surface area contributed by atoms with Crippen LogP contribution in [0.15, 0.2) is 18.2 Å². The predicted octanol–water partition coefficient (Wildman–Crippen LogP) is 2.64. The number of piperazine rings is 1. The lowest BCUT2D eigenvalue weighted by Gasteiger charge is -2.36. The second-order valence-corrected chi connectivity index (χ2v) is 4.73. The molecule has 1 fully saturated rings. The number of alkyl halides is 3. The third-order valence-electron chi connectivity index (χ3n) is 3.36. The van der Waals surface area contributed by atoms with Crippen LogP contribution < -0.4 is 5.32 Å². The first-order chi connectivity index (χ1) is 8.89. The van der Waals surface area contributed by atoms with Gasteiger partial charge in [-0.25, -0.2) is 4.39 Å². The normalized spacial score (nSPS) is 19.4. The van der Waals surface area contributed by atoms with Crippen LogP contribution in [0.3, 0.4) is 0 Å². The Labute approximate surface area is 109 Å². The highest BCUT2D eigenvalue weighted by atomic mass is 19.4. The van der Waals surface area contributed by atoms with E-state index < -0.39 is 18.0 Å². The van der Waals surface area contributed by atoms with E-state index in [-0.39, 0.29) is 5.56 Å². The summed E-state index contributed by atoms with van der Waals surface area (Å²) in [6.45, 7) is 3.22. The third-order valence-corrected chi connectivity index (χ3v) is 3.36. The van der Waals surface area contributed by atoms with Crippen LogP contribution in [0, 0.1) is 12.7 Å². The van der Waals surface area contributed by atoms with Crippen LogP contribution in [0.4, 0.5) is 17.6 Å². The van der Waals surface area contributed by atoms with Gasteiger partial charge in [-0.3, -0.25) is 4.90 Å². The van der Waals surface area contributed by atoms with Gasteiger partial charge in [0.2, 0.25) is 0 Å². The lowest BCUT2D eigenvalue weighted by atomic mass is 9.98. The number of benzene rings is 1. The summed E-state index contributed by atoms with van der Waals surface area (Å²) in [4.78, 5) is 1.36.